The molecule has 0 unspecified atom stereocenters. The highest BCUT2D eigenvalue weighted by molar-refractivity contribution is 6.05. The van der Waals surface area contributed by atoms with Gasteiger partial charge in [-0.15, -0.1) is 0 Å². The van der Waals surface area contributed by atoms with E-state index >= 15 is 0 Å². The van der Waals surface area contributed by atoms with Gasteiger partial charge in [-0.25, -0.2) is 9.18 Å². The van der Waals surface area contributed by atoms with Gasteiger partial charge in [0.05, 0.1) is 16.9 Å². The molecule has 0 atom stereocenters. The zero-order valence-electron chi connectivity index (χ0n) is 17.9. The second kappa shape index (κ2) is 8.99. The molecule has 1 heterocycles. The first kappa shape index (κ1) is 22.0. The molecule has 0 aliphatic rings. The van der Waals surface area contributed by atoms with Gasteiger partial charge in [0.25, 0.3) is 5.91 Å². The van der Waals surface area contributed by atoms with Crippen molar-refractivity contribution in [3.8, 4) is 0 Å². The summed E-state index contributed by atoms with van der Waals surface area (Å²) in [5, 5.41) is 16.8. The summed E-state index contributed by atoms with van der Waals surface area (Å²) in [5.41, 5.74) is 4.46. The highest BCUT2D eigenvalue weighted by Gasteiger charge is 2.17. The number of aromatic nitrogens is 2. The monoisotopic (exact) mass is 424 g/mol. The normalized spacial score (nSPS) is 10.7. The number of rotatable bonds is 7. The van der Waals surface area contributed by atoms with Gasteiger partial charge in [-0.3, -0.25) is 9.48 Å². The molecule has 2 aromatic carbocycles. The van der Waals surface area contributed by atoms with Crippen molar-refractivity contribution in [2.75, 3.05) is 23.8 Å². The Bertz CT molecular complexity index is 1120. The van der Waals surface area contributed by atoms with Gasteiger partial charge < -0.3 is 15.3 Å². The average Bonchev–Trinajstić information content (AvgIpc) is 2.97. The Kier molecular flexibility index (Phi) is 6.39. The molecule has 3 aromatic rings. The second-order valence-electron chi connectivity index (χ2n) is 7.44. The summed E-state index contributed by atoms with van der Waals surface area (Å²) in [6.07, 6.45) is 0.726. The van der Waals surface area contributed by atoms with Gasteiger partial charge in [-0.2, -0.15) is 5.10 Å². The number of hydrogen-bond acceptors (Lipinski definition) is 4. The van der Waals surface area contributed by atoms with E-state index in [4.69, 9.17) is 0 Å². The van der Waals surface area contributed by atoms with Crippen LogP contribution in [0.4, 0.5) is 15.8 Å². The Morgan fingerprint density at radius 2 is 1.84 bits per heavy atom. The van der Waals surface area contributed by atoms with Crippen molar-refractivity contribution in [3.05, 3.63) is 76.4 Å². The molecule has 162 valence electrons. The average molecular weight is 424 g/mol. The number of anilines is 2. The Morgan fingerprint density at radius 1 is 1.16 bits per heavy atom. The SMILES string of the molecule is Cc1nn(C)c(C)c1CCN(C)c1ccc(NC(=O)c2ccc(F)cc2)cc1C(=O)O. The predicted octanol–water partition coefficient (Wildman–Crippen LogP) is 3.81. The molecule has 0 aliphatic carbocycles. The van der Waals surface area contributed by atoms with Crippen molar-refractivity contribution in [1.29, 1.82) is 0 Å². The Morgan fingerprint density at radius 3 is 2.42 bits per heavy atom. The molecular formula is C23H25FN4O3. The molecule has 0 bridgehead atoms. The molecule has 7 nitrogen and oxygen atoms in total. The zero-order chi connectivity index (χ0) is 22.7. The molecule has 31 heavy (non-hydrogen) atoms. The van der Waals surface area contributed by atoms with Gasteiger partial charge in [0.2, 0.25) is 0 Å². The van der Waals surface area contributed by atoms with E-state index in [1.54, 1.807) is 12.1 Å². The number of carbonyl (C=O) groups excluding carboxylic acids is 1. The zero-order valence-corrected chi connectivity index (χ0v) is 17.9. The van der Waals surface area contributed by atoms with E-state index < -0.39 is 17.7 Å². The van der Waals surface area contributed by atoms with Gasteiger partial charge >= 0.3 is 5.97 Å². The minimum Gasteiger partial charge on any atom is -0.478 e. The standard InChI is InChI=1S/C23H25FN4O3/c1-14-19(15(2)28(4)26-14)11-12-27(3)21-10-9-18(13-20(21)23(30)31)25-22(29)16-5-7-17(24)8-6-16/h5-10,13H,11-12H2,1-4H3,(H,25,29)(H,30,31). The van der Waals surface area contributed by atoms with Gasteiger partial charge in [0.15, 0.2) is 0 Å². The maximum Gasteiger partial charge on any atom is 0.337 e. The molecule has 0 spiro atoms. The first-order valence-electron chi connectivity index (χ1n) is 9.82. The molecule has 0 aliphatic heterocycles. The second-order valence-corrected chi connectivity index (χ2v) is 7.44. The minimum atomic E-state index is -1.09. The number of nitrogens with one attached hydrogen (secondary N) is 1. The number of amides is 1. The predicted molar refractivity (Wildman–Crippen MR) is 117 cm³/mol. The summed E-state index contributed by atoms with van der Waals surface area (Å²) in [7, 11) is 3.73. The molecule has 2 N–H and O–H groups in total. The molecule has 0 saturated carbocycles. The lowest BCUT2D eigenvalue weighted by Gasteiger charge is -2.22. The van der Waals surface area contributed by atoms with Crippen LogP contribution in [0.15, 0.2) is 42.5 Å². The van der Waals surface area contributed by atoms with Crippen molar-refractivity contribution < 1.29 is 19.1 Å². The van der Waals surface area contributed by atoms with Crippen LogP contribution < -0.4 is 10.2 Å². The Hall–Kier alpha value is -3.68. The largest absolute Gasteiger partial charge is 0.478 e. The molecule has 0 radical (unpaired) electrons. The van der Waals surface area contributed by atoms with Gasteiger partial charge in [-0.05, 0) is 68.3 Å². The van der Waals surface area contributed by atoms with Crippen LogP contribution in [0.1, 0.15) is 37.7 Å². The van der Waals surface area contributed by atoms with E-state index in [2.05, 4.69) is 10.4 Å². The number of halogens is 1. The van der Waals surface area contributed by atoms with Crippen LogP contribution in [0.25, 0.3) is 0 Å². The summed E-state index contributed by atoms with van der Waals surface area (Å²) in [4.78, 5) is 26.1. The van der Waals surface area contributed by atoms with Crippen LogP contribution in [0.3, 0.4) is 0 Å². The van der Waals surface area contributed by atoms with Crippen LogP contribution in [0.2, 0.25) is 0 Å². The number of aryl methyl sites for hydroxylation is 2. The topological polar surface area (TPSA) is 87.5 Å². The summed E-state index contributed by atoms with van der Waals surface area (Å²) >= 11 is 0. The third kappa shape index (κ3) is 4.91. The van der Waals surface area contributed by atoms with Crippen molar-refractivity contribution in [2.45, 2.75) is 20.3 Å². The fourth-order valence-electron chi connectivity index (χ4n) is 3.50. The van der Waals surface area contributed by atoms with Crippen LogP contribution >= 0.6 is 0 Å². The first-order chi connectivity index (χ1) is 14.7. The van der Waals surface area contributed by atoms with Crippen molar-refractivity contribution in [2.24, 2.45) is 7.05 Å². The number of carboxylic acid groups (broad SMARTS) is 1. The molecule has 1 aromatic heterocycles. The van der Waals surface area contributed by atoms with E-state index in [0.29, 0.717) is 17.9 Å². The lowest BCUT2D eigenvalue weighted by atomic mass is 10.1. The van der Waals surface area contributed by atoms with Crippen molar-refractivity contribution in [1.82, 2.24) is 9.78 Å². The Balaban J connectivity index is 1.77. The highest BCUT2D eigenvalue weighted by atomic mass is 19.1. The fraction of sp³-hybridized carbons (Fsp3) is 0.261. The molecule has 1 amide bonds. The van der Waals surface area contributed by atoms with Gasteiger partial charge in [0.1, 0.15) is 5.82 Å². The summed E-state index contributed by atoms with van der Waals surface area (Å²) in [6, 6.07) is 9.88. The number of aromatic carboxylic acids is 1. The van der Waals surface area contributed by atoms with E-state index in [-0.39, 0.29) is 11.1 Å². The smallest absolute Gasteiger partial charge is 0.337 e. The third-order valence-corrected chi connectivity index (χ3v) is 5.36. The van der Waals surface area contributed by atoms with Crippen molar-refractivity contribution in [3.63, 3.8) is 0 Å². The summed E-state index contributed by atoms with van der Waals surface area (Å²) in [5.74, 6) is -1.97. The number of carboxylic acids is 1. The van der Waals surface area contributed by atoms with Crippen LogP contribution in [0, 0.1) is 19.7 Å². The lowest BCUT2D eigenvalue weighted by Crippen LogP contribution is -2.23. The molecule has 8 heteroatoms. The first-order valence-corrected chi connectivity index (χ1v) is 9.82. The number of carbonyl (C=O) groups is 2. The summed E-state index contributed by atoms with van der Waals surface area (Å²) in [6.45, 7) is 4.58. The maximum atomic E-state index is 13.0. The van der Waals surface area contributed by atoms with E-state index in [0.717, 1.165) is 23.4 Å². The number of hydrogen-bond donors (Lipinski definition) is 2. The number of likely N-dealkylation sites (N-methyl/N-ethyl adjacent to an activating group) is 1. The number of benzene rings is 2. The Labute approximate surface area is 180 Å². The van der Waals surface area contributed by atoms with Crippen molar-refractivity contribution >= 4 is 23.3 Å². The van der Waals surface area contributed by atoms with Crippen LogP contribution in [0.5, 0.6) is 0 Å². The van der Waals surface area contributed by atoms with E-state index in [9.17, 15) is 19.1 Å². The molecule has 0 saturated heterocycles. The fourth-order valence-corrected chi connectivity index (χ4v) is 3.50. The van der Waals surface area contributed by atoms with Gasteiger partial charge in [0, 0.05) is 37.6 Å². The molecular weight excluding hydrogens is 399 g/mol. The highest BCUT2D eigenvalue weighted by Crippen LogP contribution is 2.25. The van der Waals surface area contributed by atoms with Crippen LogP contribution in [-0.4, -0.2) is 40.4 Å². The molecule has 0 fully saturated rings. The summed E-state index contributed by atoms with van der Waals surface area (Å²) < 4.78 is 14.9. The van der Waals surface area contributed by atoms with E-state index in [1.165, 1.54) is 30.3 Å². The van der Waals surface area contributed by atoms with Gasteiger partial charge in [-0.1, -0.05) is 0 Å². The number of nitrogens with zero attached hydrogens (tertiary/aromatic N) is 3. The van der Waals surface area contributed by atoms with E-state index in [1.807, 2.05) is 37.5 Å². The minimum absolute atomic E-state index is 0.0824. The third-order valence-electron chi connectivity index (χ3n) is 5.36. The quantitative estimate of drug-likeness (QED) is 0.602. The lowest BCUT2D eigenvalue weighted by molar-refractivity contribution is 0.0697. The maximum absolute atomic E-state index is 13.0. The van der Waals surface area contributed by atoms with Crippen LogP contribution in [-0.2, 0) is 13.5 Å². The molecule has 3 rings (SSSR count).